The van der Waals surface area contributed by atoms with Crippen LogP contribution in [0.5, 0.6) is 0 Å². The predicted molar refractivity (Wildman–Crippen MR) is 87.0 cm³/mol. The van der Waals surface area contributed by atoms with Gasteiger partial charge in [-0.3, -0.25) is 0 Å². The Morgan fingerprint density at radius 2 is 1.95 bits per heavy atom. The van der Waals surface area contributed by atoms with E-state index in [1.807, 2.05) is 20.8 Å². The van der Waals surface area contributed by atoms with Crippen LogP contribution in [0.3, 0.4) is 0 Å². The maximum absolute atomic E-state index is 11.8. The average Bonchev–Trinajstić information content (AvgIpc) is 3.07. The number of nitrogens with one attached hydrogen (secondary N) is 2. The second-order valence-electron chi connectivity index (χ2n) is 7.84. The van der Waals surface area contributed by atoms with Crippen molar-refractivity contribution in [1.29, 1.82) is 0 Å². The highest BCUT2D eigenvalue weighted by molar-refractivity contribution is 5.68. The minimum Gasteiger partial charge on any atom is -0.444 e. The van der Waals surface area contributed by atoms with E-state index in [1.54, 1.807) is 7.11 Å². The van der Waals surface area contributed by atoms with E-state index >= 15 is 0 Å². The Morgan fingerprint density at radius 3 is 2.55 bits per heavy atom. The van der Waals surface area contributed by atoms with Crippen molar-refractivity contribution in [2.45, 2.75) is 77.0 Å². The highest BCUT2D eigenvalue weighted by Crippen LogP contribution is 2.56. The van der Waals surface area contributed by atoms with Gasteiger partial charge in [0.1, 0.15) is 5.60 Å². The number of methoxy groups -OCH3 is 1. The fraction of sp³-hybridized carbons (Fsp3) is 0.941. The van der Waals surface area contributed by atoms with E-state index in [2.05, 4.69) is 10.6 Å². The molecule has 2 N–H and O–H groups in total. The van der Waals surface area contributed by atoms with Gasteiger partial charge < -0.3 is 20.1 Å². The molecular weight excluding hydrogens is 280 g/mol. The molecule has 128 valence electrons. The molecule has 2 aliphatic carbocycles. The van der Waals surface area contributed by atoms with Gasteiger partial charge in [-0.25, -0.2) is 4.79 Å². The summed E-state index contributed by atoms with van der Waals surface area (Å²) in [6.07, 6.45) is 6.74. The molecule has 2 saturated carbocycles. The summed E-state index contributed by atoms with van der Waals surface area (Å²) in [4.78, 5) is 11.8. The van der Waals surface area contributed by atoms with E-state index in [1.165, 1.54) is 25.7 Å². The van der Waals surface area contributed by atoms with Crippen LogP contribution in [-0.2, 0) is 9.47 Å². The first kappa shape index (κ1) is 17.5. The summed E-state index contributed by atoms with van der Waals surface area (Å²) in [5.41, 5.74) is -0.0719. The summed E-state index contributed by atoms with van der Waals surface area (Å²) >= 11 is 0. The standard InChI is InChI=1S/C17H32N2O3/c1-16(2,3)22-15(20)19-14-12-17(14)8-6-13(7-9-17)18-10-5-11-21-4/h13-14,18H,5-12H2,1-4H3,(H,19,20). The normalized spacial score (nSPS) is 31.1. The molecule has 0 aliphatic heterocycles. The molecular formula is C17H32N2O3. The Bertz CT molecular complexity index is 371. The smallest absolute Gasteiger partial charge is 0.407 e. The molecule has 0 bridgehead atoms. The zero-order chi connectivity index (χ0) is 16.2. The highest BCUT2D eigenvalue weighted by atomic mass is 16.6. The van der Waals surface area contributed by atoms with Gasteiger partial charge >= 0.3 is 6.09 Å². The van der Waals surface area contributed by atoms with Gasteiger partial charge in [0, 0.05) is 25.8 Å². The molecule has 22 heavy (non-hydrogen) atoms. The molecule has 5 heteroatoms. The van der Waals surface area contributed by atoms with Gasteiger partial charge in [-0.2, -0.15) is 0 Å². The fourth-order valence-corrected chi connectivity index (χ4v) is 3.47. The lowest BCUT2D eigenvalue weighted by molar-refractivity contribution is 0.0512. The number of hydrogen-bond acceptors (Lipinski definition) is 4. The molecule has 5 nitrogen and oxygen atoms in total. The lowest BCUT2D eigenvalue weighted by atomic mass is 9.82. The summed E-state index contributed by atoms with van der Waals surface area (Å²) in [7, 11) is 1.75. The van der Waals surface area contributed by atoms with Crippen molar-refractivity contribution in [2.24, 2.45) is 5.41 Å². The van der Waals surface area contributed by atoms with Crippen LogP contribution >= 0.6 is 0 Å². The van der Waals surface area contributed by atoms with Gasteiger partial charge in [0.15, 0.2) is 0 Å². The van der Waals surface area contributed by atoms with E-state index in [-0.39, 0.29) is 6.09 Å². The van der Waals surface area contributed by atoms with E-state index in [9.17, 15) is 4.79 Å². The number of alkyl carbamates (subject to hydrolysis) is 1. The van der Waals surface area contributed by atoms with Crippen LogP contribution in [-0.4, -0.2) is 44.0 Å². The molecule has 0 aromatic carbocycles. The van der Waals surface area contributed by atoms with Crippen LogP contribution in [0.15, 0.2) is 0 Å². The summed E-state index contributed by atoms with van der Waals surface area (Å²) < 4.78 is 10.4. The Hall–Kier alpha value is -0.810. The summed E-state index contributed by atoms with van der Waals surface area (Å²) in [5, 5.41) is 6.66. The van der Waals surface area contributed by atoms with Crippen molar-refractivity contribution < 1.29 is 14.3 Å². The van der Waals surface area contributed by atoms with Gasteiger partial charge in [0.2, 0.25) is 0 Å². The fourth-order valence-electron chi connectivity index (χ4n) is 3.47. The first-order valence-corrected chi connectivity index (χ1v) is 8.56. The van der Waals surface area contributed by atoms with Gasteiger partial charge in [0.25, 0.3) is 0 Å². The zero-order valence-electron chi connectivity index (χ0n) is 14.5. The Balaban J connectivity index is 1.64. The van der Waals surface area contributed by atoms with Crippen LogP contribution < -0.4 is 10.6 Å². The highest BCUT2D eigenvalue weighted by Gasteiger charge is 2.55. The van der Waals surface area contributed by atoms with Crippen LogP contribution in [0.25, 0.3) is 0 Å². The van der Waals surface area contributed by atoms with Crippen molar-refractivity contribution in [3.05, 3.63) is 0 Å². The third-order valence-corrected chi connectivity index (χ3v) is 4.82. The van der Waals surface area contributed by atoms with Crippen LogP contribution in [0.1, 0.15) is 59.3 Å². The molecule has 2 fully saturated rings. The molecule has 0 aromatic heterocycles. The van der Waals surface area contributed by atoms with Crippen LogP contribution in [0, 0.1) is 5.41 Å². The van der Waals surface area contributed by atoms with E-state index in [0.717, 1.165) is 26.0 Å². The number of amides is 1. The molecule has 2 rings (SSSR count). The van der Waals surface area contributed by atoms with E-state index < -0.39 is 5.60 Å². The lowest BCUT2D eigenvalue weighted by Gasteiger charge is -2.30. The molecule has 2 aliphatic rings. The van der Waals surface area contributed by atoms with E-state index in [0.29, 0.717) is 17.5 Å². The summed E-state index contributed by atoms with van der Waals surface area (Å²) in [5.74, 6) is 0. The number of ether oxygens (including phenoxy) is 2. The molecule has 0 radical (unpaired) electrons. The molecule has 0 heterocycles. The molecule has 0 aromatic rings. The maximum Gasteiger partial charge on any atom is 0.407 e. The Kier molecular flexibility index (Phi) is 5.72. The number of rotatable bonds is 6. The SMILES string of the molecule is COCCCNC1CCC2(CC1)CC2NC(=O)OC(C)(C)C. The molecule has 1 amide bonds. The van der Waals surface area contributed by atoms with Gasteiger partial charge in [-0.1, -0.05) is 0 Å². The topological polar surface area (TPSA) is 59.6 Å². The molecule has 1 unspecified atom stereocenters. The van der Waals surface area contributed by atoms with Gasteiger partial charge in [-0.05, 0) is 71.3 Å². The van der Waals surface area contributed by atoms with Crippen LogP contribution in [0.2, 0.25) is 0 Å². The Morgan fingerprint density at radius 1 is 1.27 bits per heavy atom. The summed E-state index contributed by atoms with van der Waals surface area (Å²) in [6, 6.07) is 0.946. The number of carbonyl (C=O) groups is 1. The third kappa shape index (κ3) is 5.13. The minimum atomic E-state index is -0.421. The van der Waals surface area contributed by atoms with Crippen molar-refractivity contribution in [3.63, 3.8) is 0 Å². The average molecular weight is 312 g/mol. The molecule has 1 atom stereocenters. The van der Waals surface area contributed by atoms with Crippen LogP contribution in [0.4, 0.5) is 4.79 Å². The first-order valence-electron chi connectivity index (χ1n) is 8.56. The zero-order valence-corrected chi connectivity index (χ0v) is 14.5. The minimum absolute atomic E-state index is 0.269. The van der Waals surface area contributed by atoms with Gasteiger partial charge in [0.05, 0.1) is 0 Å². The van der Waals surface area contributed by atoms with E-state index in [4.69, 9.17) is 9.47 Å². The number of carbonyl (C=O) groups excluding carboxylic acids is 1. The second kappa shape index (κ2) is 7.18. The quantitative estimate of drug-likeness (QED) is 0.741. The maximum atomic E-state index is 11.8. The van der Waals surface area contributed by atoms with Crippen molar-refractivity contribution in [3.8, 4) is 0 Å². The molecule has 1 spiro atoms. The summed E-state index contributed by atoms with van der Waals surface area (Å²) in [6.45, 7) is 7.55. The lowest BCUT2D eigenvalue weighted by Crippen LogP contribution is -2.39. The third-order valence-electron chi connectivity index (χ3n) is 4.82. The van der Waals surface area contributed by atoms with Gasteiger partial charge in [-0.15, -0.1) is 0 Å². The Labute approximate surface area is 134 Å². The molecule has 0 saturated heterocycles. The number of hydrogen-bond donors (Lipinski definition) is 2. The monoisotopic (exact) mass is 312 g/mol. The van der Waals surface area contributed by atoms with Crippen molar-refractivity contribution in [1.82, 2.24) is 10.6 Å². The van der Waals surface area contributed by atoms with Crippen molar-refractivity contribution >= 4 is 6.09 Å². The first-order chi connectivity index (χ1) is 10.3. The predicted octanol–water partition coefficient (Wildman–Crippen LogP) is 2.84. The second-order valence-corrected chi connectivity index (χ2v) is 7.84. The largest absolute Gasteiger partial charge is 0.444 e. The van der Waals surface area contributed by atoms with Crippen molar-refractivity contribution in [2.75, 3.05) is 20.3 Å².